The molecule has 0 N–H and O–H groups in total. The zero-order chi connectivity index (χ0) is 18.7. The number of carbonyl (C=O) groups excluding carboxylic acids is 2. The van der Waals surface area contributed by atoms with Crippen LogP contribution in [0.2, 0.25) is 0 Å². The lowest BCUT2D eigenvalue weighted by atomic mass is 9.54. The third-order valence-electron chi connectivity index (χ3n) is 5.78. The number of hydrogen-bond acceptors (Lipinski definition) is 2. The standard InChI is InChI=1S/C18H14F5NO2/c19-11-12(20)14(22)16(15(23)13(11)21)24-17(25)9-7-5-3-1-2-4-6-8(7)10(9)18(24)26/h1-2,7-10H,3-6H2/b2-1-/t7-,8-,9-,10+/m0/s1. The second-order valence-electron chi connectivity index (χ2n) is 6.94. The van der Waals surface area contributed by atoms with Crippen molar-refractivity contribution >= 4 is 17.5 Å². The lowest BCUT2D eigenvalue weighted by Crippen LogP contribution is -2.48. The molecule has 26 heavy (non-hydrogen) atoms. The molecule has 4 rings (SSSR count). The lowest BCUT2D eigenvalue weighted by Gasteiger charge is -2.46. The first-order valence-corrected chi connectivity index (χ1v) is 8.40. The van der Waals surface area contributed by atoms with E-state index in [1.54, 1.807) is 0 Å². The number of rotatable bonds is 1. The Bertz CT molecular complexity index is 789. The van der Waals surface area contributed by atoms with E-state index in [9.17, 15) is 31.5 Å². The van der Waals surface area contributed by atoms with Crippen LogP contribution in [-0.2, 0) is 9.59 Å². The fourth-order valence-electron chi connectivity index (χ4n) is 4.61. The molecule has 1 heterocycles. The van der Waals surface area contributed by atoms with Crippen molar-refractivity contribution in [1.82, 2.24) is 0 Å². The van der Waals surface area contributed by atoms with Gasteiger partial charge in [-0.05, 0) is 37.5 Å². The van der Waals surface area contributed by atoms with Crippen LogP contribution < -0.4 is 4.90 Å². The number of anilines is 1. The highest BCUT2D eigenvalue weighted by Crippen LogP contribution is 2.57. The number of fused-ring (bicyclic) bond motifs is 4. The molecule has 3 aliphatic rings. The zero-order valence-corrected chi connectivity index (χ0v) is 13.4. The van der Waals surface area contributed by atoms with Gasteiger partial charge >= 0.3 is 0 Å². The van der Waals surface area contributed by atoms with Crippen LogP contribution in [0.15, 0.2) is 12.2 Å². The van der Waals surface area contributed by atoms with Crippen molar-refractivity contribution in [1.29, 1.82) is 0 Å². The molecule has 1 aliphatic heterocycles. The van der Waals surface area contributed by atoms with Crippen LogP contribution in [0, 0.1) is 52.8 Å². The number of hydrogen-bond donors (Lipinski definition) is 0. The molecule has 2 amide bonds. The Balaban J connectivity index is 1.77. The molecule has 0 bridgehead atoms. The molecule has 0 unspecified atom stereocenters. The molecule has 1 aromatic carbocycles. The van der Waals surface area contributed by atoms with Crippen LogP contribution in [-0.4, -0.2) is 11.8 Å². The highest BCUT2D eigenvalue weighted by molar-refractivity contribution is 6.23. The van der Waals surface area contributed by atoms with Crippen LogP contribution in [0.25, 0.3) is 0 Å². The number of nitrogens with zero attached hydrogens (tertiary/aromatic N) is 1. The summed E-state index contributed by atoms with van der Waals surface area (Å²) in [7, 11) is 0. The Labute approximate surface area is 145 Å². The van der Waals surface area contributed by atoms with Gasteiger partial charge in [0, 0.05) is 0 Å². The van der Waals surface area contributed by atoms with Crippen molar-refractivity contribution in [3.8, 4) is 0 Å². The van der Waals surface area contributed by atoms with E-state index >= 15 is 0 Å². The predicted molar refractivity (Wildman–Crippen MR) is 80.3 cm³/mol. The minimum Gasteiger partial charge on any atom is -0.274 e. The van der Waals surface area contributed by atoms with Gasteiger partial charge in [0.1, 0.15) is 5.69 Å². The Kier molecular flexibility index (Phi) is 3.89. The molecular formula is C18H14F5NO2. The third-order valence-corrected chi connectivity index (χ3v) is 5.78. The van der Waals surface area contributed by atoms with Crippen LogP contribution >= 0.6 is 0 Å². The van der Waals surface area contributed by atoms with Gasteiger partial charge in [-0.25, -0.2) is 26.9 Å². The fourth-order valence-corrected chi connectivity index (χ4v) is 4.61. The summed E-state index contributed by atoms with van der Waals surface area (Å²) < 4.78 is 68.5. The van der Waals surface area contributed by atoms with Crippen molar-refractivity contribution in [3.63, 3.8) is 0 Å². The molecule has 3 nitrogen and oxygen atoms in total. The number of carbonyl (C=O) groups is 2. The molecule has 138 valence electrons. The monoisotopic (exact) mass is 371 g/mol. The summed E-state index contributed by atoms with van der Waals surface area (Å²) >= 11 is 0. The van der Waals surface area contributed by atoms with Gasteiger partial charge in [-0.3, -0.25) is 9.59 Å². The third kappa shape index (κ3) is 2.10. The molecule has 2 fully saturated rings. The molecule has 1 saturated carbocycles. The average molecular weight is 371 g/mol. The predicted octanol–water partition coefficient (Wildman–Crippen LogP) is 3.86. The highest BCUT2D eigenvalue weighted by Gasteiger charge is 2.64. The van der Waals surface area contributed by atoms with Crippen molar-refractivity contribution < 1.29 is 31.5 Å². The minimum absolute atomic E-state index is 0.118. The smallest absolute Gasteiger partial charge is 0.238 e. The molecule has 0 aromatic heterocycles. The van der Waals surface area contributed by atoms with Gasteiger partial charge in [0.2, 0.25) is 17.6 Å². The number of imide groups is 1. The second-order valence-corrected chi connectivity index (χ2v) is 6.94. The molecular weight excluding hydrogens is 357 g/mol. The summed E-state index contributed by atoms with van der Waals surface area (Å²) in [5.74, 6) is -14.5. The van der Waals surface area contributed by atoms with E-state index in [0.29, 0.717) is 25.7 Å². The Morgan fingerprint density at radius 2 is 1.08 bits per heavy atom. The SMILES string of the molecule is O=C1[C@@H]2[C@H]3CC/C=C\CC[C@@H]3[C@@H]2C(=O)N1c1c(F)c(F)c(F)c(F)c1F. The lowest BCUT2D eigenvalue weighted by molar-refractivity contribution is -0.137. The van der Waals surface area contributed by atoms with Gasteiger partial charge in [-0.15, -0.1) is 0 Å². The molecule has 2 aliphatic carbocycles. The van der Waals surface area contributed by atoms with E-state index in [-0.39, 0.29) is 16.7 Å². The van der Waals surface area contributed by atoms with Crippen molar-refractivity contribution in [2.45, 2.75) is 25.7 Å². The van der Waals surface area contributed by atoms with Crippen LogP contribution in [0.4, 0.5) is 27.6 Å². The summed E-state index contributed by atoms with van der Waals surface area (Å²) in [5.41, 5.74) is -1.46. The van der Waals surface area contributed by atoms with E-state index in [0.717, 1.165) is 0 Å². The van der Waals surface area contributed by atoms with E-state index in [1.807, 2.05) is 12.2 Å². The Morgan fingerprint density at radius 1 is 0.692 bits per heavy atom. The van der Waals surface area contributed by atoms with Gasteiger partial charge in [-0.1, -0.05) is 12.2 Å². The van der Waals surface area contributed by atoms with Crippen molar-refractivity contribution in [3.05, 3.63) is 41.2 Å². The topological polar surface area (TPSA) is 37.4 Å². The Morgan fingerprint density at radius 3 is 1.50 bits per heavy atom. The minimum atomic E-state index is -2.32. The number of halogens is 5. The Hall–Kier alpha value is -2.25. The fraction of sp³-hybridized carbons (Fsp3) is 0.444. The maximum absolute atomic E-state index is 14.1. The van der Waals surface area contributed by atoms with Crippen LogP contribution in [0.5, 0.6) is 0 Å². The molecule has 1 saturated heterocycles. The summed E-state index contributed by atoms with van der Waals surface area (Å²) in [6.07, 6.45) is 6.68. The molecule has 1 aromatic rings. The van der Waals surface area contributed by atoms with Crippen molar-refractivity contribution in [2.75, 3.05) is 4.90 Å². The largest absolute Gasteiger partial charge is 0.274 e. The van der Waals surface area contributed by atoms with E-state index < -0.39 is 58.4 Å². The van der Waals surface area contributed by atoms with E-state index in [1.165, 1.54) is 0 Å². The van der Waals surface area contributed by atoms with Gasteiger partial charge < -0.3 is 0 Å². The van der Waals surface area contributed by atoms with E-state index in [2.05, 4.69) is 0 Å². The van der Waals surface area contributed by atoms with Crippen LogP contribution in [0.1, 0.15) is 25.7 Å². The first kappa shape index (κ1) is 17.2. The van der Waals surface area contributed by atoms with E-state index in [4.69, 9.17) is 0 Å². The second kappa shape index (κ2) is 5.89. The number of amides is 2. The quantitative estimate of drug-likeness (QED) is 0.247. The molecule has 4 atom stereocenters. The number of benzene rings is 1. The maximum atomic E-state index is 14.1. The van der Waals surface area contributed by atoms with Crippen LogP contribution in [0.3, 0.4) is 0 Å². The molecule has 0 spiro atoms. The zero-order valence-electron chi connectivity index (χ0n) is 13.4. The first-order valence-electron chi connectivity index (χ1n) is 8.40. The van der Waals surface area contributed by atoms with Crippen molar-refractivity contribution in [2.24, 2.45) is 23.7 Å². The summed E-state index contributed by atoms with van der Waals surface area (Å²) in [6.45, 7) is 0. The van der Waals surface area contributed by atoms with Gasteiger partial charge in [0.25, 0.3) is 0 Å². The molecule has 0 radical (unpaired) electrons. The highest BCUT2D eigenvalue weighted by atomic mass is 19.2. The van der Waals surface area contributed by atoms with Gasteiger partial charge in [-0.2, -0.15) is 0 Å². The summed E-state index contributed by atoms with van der Waals surface area (Å²) in [4.78, 5) is 25.5. The normalized spacial score (nSPS) is 31.8. The number of allylic oxidation sites excluding steroid dienone is 2. The summed E-state index contributed by atoms with van der Waals surface area (Å²) in [6, 6.07) is 0. The maximum Gasteiger partial charge on any atom is 0.238 e. The first-order chi connectivity index (χ1) is 12.4. The van der Waals surface area contributed by atoms with Gasteiger partial charge in [0.15, 0.2) is 23.3 Å². The summed E-state index contributed by atoms with van der Waals surface area (Å²) in [5, 5.41) is 0. The molecule has 8 heteroatoms. The van der Waals surface area contributed by atoms with Gasteiger partial charge in [0.05, 0.1) is 11.8 Å². The average Bonchev–Trinajstić information content (AvgIpc) is 2.80.